The van der Waals surface area contributed by atoms with E-state index in [0.29, 0.717) is 0 Å². The molecule has 0 radical (unpaired) electrons. The Morgan fingerprint density at radius 2 is 2.36 bits per heavy atom. The second-order valence-electron chi connectivity index (χ2n) is 2.63. The Morgan fingerprint density at radius 1 is 1.64 bits per heavy atom. The van der Waals surface area contributed by atoms with Crippen LogP contribution in [0.1, 0.15) is 18.9 Å². The third kappa shape index (κ3) is 2.93. The second kappa shape index (κ2) is 4.24. The zero-order chi connectivity index (χ0) is 8.27. The van der Waals surface area contributed by atoms with E-state index in [-0.39, 0.29) is 6.10 Å². The Morgan fingerprint density at radius 3 is 2.82 bits per heavy atom. The summed E-state index contributed by atoms with van der Waals surface area (Å²) in [4.78, 5) is 0. The minimum atomic E-state index is -0.193. The van der Waals surface area contributed by atoms with Crippen molar-refractivity contribution in [2.75, 3.05) is 0 Å². The van der Waals surface area contributed by atoms with Crippen LogP contribution in [0.3, 0.4) is 0 Å². The summed E-state index contributed by atoms with van der Waals surface area (Å²) < 4.78 is 1.17. The Kier molecular flexibility index (Phi) is 3.55. The molecule has 1 nitrogen and oxygen atoms in total. The van der Waals surface area contributed by atoms with Crippen LogP contribution in [0.5, 0.6) is 0 Å². The van der Waals surface area contributed by atoms with Gasteiger partial charge < -0.3 is 5.11 Å². The van der Waals surface area contributed by atoms with Gasteiger partial charge in [-0.25, -0.2) is 0 Å². The summed E-state index contributed by atoms with van der Waals surface area (Å²) in [6, 6.07) is 0. The topological polar surface area (TPSA) is 20.2 Å². The van der Waals surface area contributed by atoms with Gasteiger partial charge in [0.25, 0.3) is 0 Å². The van der Waals surface area contributed by atoms with Gasteiger partial charge in [0.15, 0.2) is 0 Å². The predicted octanol–water partition coefficient (Wildman–Crippen LogP) is 2.82. The van der Waals surface area contributed by atoms with Gasteiger partial charge in [0.05, 0.1) is 6.10 Å². The number of hydrogen-bond acceptors (Lipinski definition) is 2. The number of halogens is 1. The smallest absolute Gasteiger partial charge is 0.0515 e. The van der Waals surface area contributed by atoms with Gasteiger partial charge in [-0.15, -0.1) is 0 Å². The Balaban J connectivity index is 2.44. The summed E-state index contributed by atoms with van der Waals surface area (Å²) in [7, 11) is 0. The highest BCUT2D eigenvalue weighted by Crippen LogP contribution is 2.22. The van der Waals surface area contributed by atoms with Crippen molar-refractivity contribution >= 4 is 27.3 Å². The maximum Gasteiger partial charge on any atom is 0.0515 e. The van der Waals surface area contributed by atoms with E-state index in [0.717, 1.165) is 12.8 Å². The first-order valence-electron chi connectivity index (χ1n) is 3.59. The molecule has 0 saturated heterocycles. The lowest BCUT2D eigenvalue weighted by Gasteiger charge is -2.01. The molecule has 0 aliphatic carbocycles. The summed E-state index contributed by atoms with van der Waals surface area (Å²) in [6.45, 7) is 1.82. The average molecular weight is 235 g/mol. The van der Waals surface area contributed by atoms with Crippen LogP contribution < -0.4 is 0 Å². The number of hydrogen-bond donors (Lipinski definition) is 1. The molecule has 1 aromatic heterocycles. The van der Waals surface area contributed by atoms with Gasteiger partial charge in [0.2, 0.25) is 0 Å². The molecule has 0 saturated carbocycles. The zero-order valence-corrected chi connectivity index (χ0v) is 8.78. The van der Waals surface area contributed by atoms with E-state index in [1.54, 1.807) is 11.3 Å². The SMILES string of the molecule is CC(O)CCc1cscc1Br. The number of aryl methyl sites for hydroxylation is 1. The first-order chi connectivity index (χ1) is 5.20. The summed E-state index contributed by atoms with van der Waals surface area (Å²) in [5, 5.41) is 13.2. The molecule has 1 rings (SSSR count). The number of aliphatic hydroxyl groups is 1. The molecule has 0 aliphatic heterocycles. The van der Waals surface area contributed by atoms with E-state index in [9.17, 15) is 0 Å². The lowest BCUT2D eigenvalue weighted by atomic mass is 10.1. The van der Waals surface area contributed by atoms with E-state index in [1.165, 1.54) is 10.0 Å². The zero-order valence-electron chi connectivity index (χ0n) is 6.38. The van der Waals surface area contributed by atoms with E-state index >= 15 is 0 Å². The molecular weight excluding hydrogens is 224 g/mol. The standard InChI is InChI=1S/C8H11BrOS/c1-6(10)2-3-7-4-11-5-8(7)9/h4-6,10H,2-3H2,1H3. The quantitative estimate of drug-likeness (QED) is 0.854. The van der Waals surface area contributed by atoms with Crippen LogP contribution >= 0.6 is 27.3 Å². The molecule has 11 heavy (non-hydrogen) atoms. The summed E-state index contributed by atoms with van der Waals surface area (Å²) >= 11 is 5.13. The van der Waals surface area contributed by atoms with Crippen molar-refractivity contribution in [2.24, 2.45) is 0 Å². The highest BCUT2D eigenvalue weighted by molar-refractivity contribution is 9.10. The maximum atomic E-state index is 9.03. The molecule has 0 amide bonds. The lowest BCUT2D eigenvalue weighted by molar-refractivity contribution is 0.185. The average Bonchev–Trinajstić information content (AvgIpc) is 2.31. The molecule has 3 heteroatoms. The molecular formula is C8H11BrOS. The normalized spacial score (nSPS) is 13.4. The van der Waals surface area contributed by atoms with Gasteiger partial charge in [-0.1, -0.05) is 0 Å². The number of thiophene rings is 1. The summed E-state index contributed by atoms with van der Waals surface area (Å²) in [6.07, 6.45) is 1.61. The van der Waals surface area contributed by atoms with Gasteiger partial charge in [-0.2, -0.15) is 11.3 Å². The van der Waals surface area contributed by atoms with E-state index in [2.05, 4.69) is 26.7 Å². The number of rotatable bonds is 3. The molecule has 0 spiro atoms. The van der Waals surface area contributed by atoms with Crippen molar-refractivity contribution < 1.29 is 5.11 Å². The van der Waals surface area contributed by atoms with E-state index in [1.807, 2.05) is 6.92 Å². The molecule has 1 aromatic rings. The third-order valence-corrected chi connectivity index (χ3v) is 3.35. The Bertz CT molecular complexity index is 220. The summed E-state index contributed by atoms with van der Waals surface area (Å²) in [5.74, 6) is 0. The van der Waals surface area contributed by atoms with E-state index < -0.39 is 0 Å². The monoisotopic (exact) mass is 234 g/mol. The van der Waals surface area contributed by atoms with Crippen LogP contribution in [0.4, 0.5) is 0 Å². The molecule has 0 aliphatic rings. The first kappa shape index (κ1) is 9.23. The van der Waals surface area contributed by atoms with Gasteiger partial charge in [-0.3, -0.25) is 0 Å². The molecule has 1 N–H and O–H groups in total. The fourth-order valence-corrected chi connectivity index (χ4v) is 2.39. The second-order valence-corrected chi connectivity index (χ2v) is 4.23. The molecule has 1 atom stereocenters. The minimum absolute atomic E-state index is 0.193. The minimum Gasteiger partial charge on any atom is -0.393 e. The Labute approximate surface area is 79.2 Å². The molecule has 1 heterocycles. The third-order valence-electron chi connectivity index (χ3n) is 1.52. The molecule has 0 fully saturated rings. The van der Waals surface area contributed by atoms with Crippen molar-refractivity contribution in [1.29, 1.82) is 0 Å². The fraction of sp³-hybridized carbons (Fsp3) is 0.500. The predicted molar refractivity (Wildman–Crippen MR) is 52.0 cm³/mol. The van der Waals surface area contributed by atoms with Crippen LogP contribution in [-0.4, -0.2) is 11.2 Å². The van der Waals surface area contributed by atoms with Crippen LogP contribution in [0.2, 0.25) is 0 Å². The van der Waals surface area contributed by atoms with Crippen molar-refractivity contribution in [2.45, 2.75) is 25.9 Å². The van der Waals surface area contributed by atoms with Gasteiger partial charge in [0, 0.05) is 9.85 Å². The highest BCUT2D eigenvalue weighted by atomic mass is 79.9. The number of aliphatic hydroxyl groups excluding tert-OH is 1. The molecule has 0 aromatic carbocycles. The van der Waals surface area contributed by atoms with Crippen molar-refractivity contribution in [3.8, 4) is 0 Å². The highest BCUT2D eigenvalue weighted by Gasteiger charge is 2.02. The molecule has 1 unspecified atom stereocenters. The Hall–Kier alpha value is 0.140. The fourth-order valence-electron chi connectivity index (χ4n) is 0.851. The molecule has 62 valence electrons. The van der Waals surface area contributed by atoms with Crippen molar-refractivity contribution in [3.63, 3.8) is 0 Å². The van der Waals surface area contributed by atoms with Crippen LogP contribution in [0.25, 0.3) is 0 Å². The maximum absolute atomic E-state index is 9.03. The van der Waals surface area contributed by atoms with Crippen LogP contribution in [0, 0.1) is 0 Å². The molecule has 0 bridgehead atoms. The van der Waals surface area contributed by atoms with Gasteiger partial charge in [-0.05, 0) is 46.6 Å². The largest absolute Gasteiger partial charge is 0.393 e. The van der Waals surface area contributed by atoms with Crippen LogP contribution in [-0.2, 0) is 6.42 Å². The van der Waals surface area contributed by atoms with Crippen LogP contribution in [0.15, 0.2) is 15.2 Å². The lowest BCUT2D eigenvalue weighted by Crippen LogP contribution is -2.00. The summed E-state index contributed by atoms with van der Waals surface area (Å²) in [5.41, 5.74) is 1.30. The van der Waals surface area contributed by atoms with Crippen molar-refractivity contribution in [3.05, 3.63) is 20.8 Å². The first-order valence-corrected chi connectivity index (χ1v) is 5.32. The van der Waals surface area contributed by atoms with E-state index in [4.69, 9.17) is 5.11 Å². The van der Waals surface area contributed by atoms with Gasteiger partial charge in [0.1, 0.15) is 0 Å². The van der Waals surface area contributed by atoms with Gasteiger partial charge >= 0.3 is 0 Å². The van der Waals surface area contributed by atoms with Crippen molar-refractivity contribution in [1.82, 2.24) is 0 Å².